The number of hydrogen-bond acceptors (Lipinski definition) is 2. The minimum absolute atomic E-state index is 0.934. The molecular formula is C20H22O2. The van der Waals surface area contributed by atoms with Gasteiger partial charge in [0, 0.05) is 21.5 Å². The molecule has 0 aliphatic rings. The van der Waals surface area contributed by atoms with E-state index in [9.17, 15) is 0 Å². The van der Waals surface area contributed by atoms with Crippen LogP contribution in [0.4, 0.5) is 0 Å². The molecule has 0 aromatic heterocycles. The molecule has 2 nitrogen and oxygen atoms in total. The molecule has 0 saturated heterocycles. The predicted octanol–water partition coefficient (Wildman–Crippen LogP) is 5.14. The lowest BCUT2D eigenvalue weighted by Gasteiger charge is -2.16. The van der Waals surface area contributed by atoms with Crippen molar-refractivity contribution in [3.63, 3.8) is 0 Å². The summed E-state index contributed by atoms with van der Waals surface area (Å²) in [4.78, 5) is 0. The Morgan fingerprint density at radius 3 is 1.36 bits per heavy atom. The average Bonchev–Trinajstić information content (AvgIpc) is 2.58. The molecule has 0 aliphatic carbocycles. The van der Waals surface area contributed by atoms with Gasteiger partial charge in [0.2, 0.25) is 0 Å². The van der Waals surface area contributed by atoms with E-state index in [2.05, 4.69) is 50.2 Å². The zero-order valence-electron chi connectivity index (χ0n) is 13.7. The third kappa shape index (κ3) is 2.19. The largest absolute Gasteiger partial charge is 0.495 e. The highest BCUT2D eigenvalue weighted by molar-refractivity contribution is 6.11. The van der Waals surface area contributed by atoms with Gasteiger partial charge in [0.25, 0.3) is 0 Å². The second kappa shape index (κ2) is 5.88. The highest BCUT2D eigenvalue weighted by Gasteiger charge is 2.15. The summed E-state index contributed by atoms with van der Waals surface area (Å²) in [5.41, 5.74) is 2.61. The minimum atomic E-state index is 0.934. The normalized spacial score (nSPS) is 11.1. The average molecular weight is 294 g/mol. The Hall–Kier alpha value is -2.22. The summed E-state index contributed by atoms with van der Waals surface area (Å²) < 4.78 is 11.5. The van der Waals surface area contributed by atoms with Crippen molar-refractivity contribution >= 4 is 21.5 Å². The van der Waals surface area contributed by atoms with Gasteiger partial charge in [-0.2, -0.15) is 0 Å². The maximum atomic E-state index is 5.76. The first-order chi connectivity index (χ1) is 10.7. The van der Waals surface area contributed by atoms with Gasteiger partial charge >= 0.3 is 0 Å². The number of fused-ring (bicyclic) bond motifs is 2. The van der Waals surface area contributed by atoms with Gasteiger partial charge in [-0.25, -0.2) is 0 Å². The SMILES string of the molecule is CCc1ccc2c(OC)c3cc(CC)ccc3c(OC)c2c1. The van der Waals surface area contributed by atoms with Crippen molar-refractivity contribution in [2.24, 2.45) is 0 Å². The van der Waals surface area contributed by atoms with Crippen molar-refractivity contribution in [2.75, 3.05) is 14.2 Å². The van der Waals surface area contributed by atoms with Crippen molar-refractivity contribution in [3.05, 3.63) is 47.5 Å². The van der Waals surface area contributed by atoms with Crippen molar-refractivity contribution < 1.29 is 9.47 Å². The summed E-state index contributed by atoms with van der Waals surface area (Å²) in [5.74, 6) is 1.87. The zero-order chi connectivity index (χ0) is 15.7. The lowest BCUT2D eigenvalue weighted by Crippen LogP contribution is -1.95. The maximum Gasteiger partial charge on any atom is 0.134 e. The molecule has 114 valence electrons. The Bertz CT molecular complexity index is 763. The fourth-order valence-corrected chi connectivity index (χ4v) is 3.12. The third-order valence-corrected chi connectivity index (χ3v) is 4.37. The van der Waals surface area contributed by atoms with E-state index in [0.29, 0.717) is 0 Å². The van der Waals surface area contributed by atoms with Crippen LogP contribution in [-0.4, -0.2) is 14.2 Å². The smallest absolute Gasteiger partial charge is 0.134 e. The molecule has 3 rings (SSSR count). The van der Waals surface area contributed by atoms with Crippen LogP contribution in [0.25, 0.3) is 21.5 Å². The fraction of sp³-hybridized carbons (Fsp3) is 0.300. The summed E-state index contributed by atoms with van der Waals surface area (Å²) in [5, 5.41) is 4.46. The van der Waals surface area contributed by atoms with E-state index >= 15 is 0 Å². The third-order valence-electron chi connectivity index (χ3n) is 4.37. The van der Waals surface area contributed by atoms with Crippen LogP contribution >= 0.6 is 0 Å². The van der Waals surface area contributed by atoms with Gasteiger partial charge in [0.1, 0.15) is 11.5 Å². The van der Waals surface area contributed by atoms with Crippen LogP contribution in [0.5, 0.6) is 11.5 Å². The molecular weight excluding hydrogens is 272 g/mol. The van der Waals surface area contributed by atoms with Gasteiger partial charge in [-0.05, 0) is 36.1 Å². The molecule has 0 fully saturated rings. The second-order valence-corrected chi connectivity index (χ2v) is 5.53. The van der Waals surface area contributed by atoms with E-state index in [4.69, 9.17) is 9.47 Å². The summed E-state index contributed by atoms with van der Waals surface area (Å²) in [6, 6.07) is 13.1. The monoisotopic (exact) mass is 294 g/mol. The maximum absolute atomic E-state index is 5.76. The molecule has 3 aromatic carbocycles. The molecule has 0 saturated carbocycles. The Morgan fingerprint density at radius 1 is 0.636 bits per heavy atom. The molecule has 22 heavy (non-hydrogen) atoms. The molecule has 0 heterocycles. The summed E-state index contributed by atoms with van der Waals surface area (Å²) in [6.07, 6.45) is 2.02. The number of benzene rings is 3. The fourth-order valence-electron chi connectivity index (χ4n) is 3.12. The van der Waals surface area contributed by atoms with Crippen LogP contribution in [0.15, 0.2) is 36.4 Å². The molecule has 0 atom stereocenters. The summed E-state index contributed by atoms with van der Waals surface area (Å²) in [7, 11) is 3.49. The lowest BCUT2D eigenvalue weighted by molar-refractivity contribution is 0.417. The topological polar surface area (TPSA) is 18.5 Å². The van der Waals surface area contributed by atoms with Gasteiger partial charge < -0.3 is 9.47 Å². The molecule has 0 spiro atoms. The standard InChI is InChI=1S/C20H22O2/c1-5-13-7-9-15-17(11-13)19(21-3)16-10-8-14(6-2)12-18(16)20(15)22-4/h7-12H,5-6H2,1-4H3. The Kier molecular flexibility index (Phi) is 3.93. The molecule has 0 aliphatic heterocycles. The lowest BCUT2D eigenvalue weighted by atomic mass is 9.96. The van der Waals surface area contributed by atoms with E-state index < -0.39 is 0 Å². The van der Waals surface area contributed by atoms with Crippen LogP contribution < -0.4 is 9.47 Å². The van der Waals surface area contributed by atoms with E-state index in [1.54, 1.807) is 14.2 Å². The van der Waals surface area contributed by atoms with Crippen LogP contribution in [0.2, 0.25) is 0 Å². The van der Waals surface area contributed by atoms with E-state index in [-0.39, 0.29) is 0 Å². The van der Waals surface area contributed by atoms with Crippen molar-refractivity contribution in [1.82, 2.24) is 0 Å². The number of ether oxygens (including phenoxy) is 2. The molecule has 0 radical (unpaired) electrons. The molecule has 3 aromatic rings. The van der Waals surface area contributed by atoms with Crippen molar-refractivity contribution in [1.29, 1.82) is 0 Å². The Balaban J connectivity index is 2.50. The van der Waals surface area contributed by atoms with Crippen LogP contribution in [0.1, 0.15) is 25.0 Å². The van der Waals surface area contributed by atoms with Crippen LogP contribution in [0.3, 0.4) is 0 Å². The van der Waals surface area contributed by atoms with Crippen molar-refractivity contribution in [2.45, 2.75) is 26.7 Å². The first-order valence-electron chi connectivity index (χ1n) is 7.82. The summed E-state index contributed by atoms with van der Waals surface area (Å²) in [6.45, 7) is 4.33. The van der Waals surface area contributed by atoms with Crippen LogP contribution in [-0.2, 0) is 12.8 Å². The number of rotatable bonds is 4. The Labute approximate surface area is 131 Å². The van der Waals surface area contributed by atoms with Gasteiger partial charge in [-0.15, -0.1) is 0 Å². The number of aryl methyl sites for hydroxylation is 2. The van der Waals surface area contributed by atoms with E-state index in [1.807, 2.05) is 0 Å². The minimum Gasteiger partial charge on any atom is -0.495 e. The zero-order valence-corrected chi connectivity index (χ0v) is 13.7. The van der Waals surface area contributed by atoms with E-state index in [1.165, 1.54) is 11.1 Å². The predicted molar refractivity (Wildman–Crippen MR) is 93.3 cm³/mol. The molecule has 0 bridgehead atoms. The quantitative estimate of drug-likeness (QED) is 0.621. The molecule has 0 unspecified atom stereocenters. The van der Waals surface area contributed by atoms with Gasteiger partial charge in [-0.1, -0.05) is 38.1 Å². The Morgan fingerprint density at radius 2 is 1.05 bits per heavy atom. The first-order valence-corrected chi connectivity index (χ1v) is 7.82. The highest BCUT2D eigenvalue weighted by atomic mass is 16.5. The van der Waals surface area contributed by atoms with Gasteiger partial charge in [0.15, 0.2) is 0 Å². The van der Waals surface area contributed by atoms with Gasteiger partial charge in [0.05, 0.1) is 14.2 Å². The van der Waals surface area contributed by atoms with Crippen molar-refractivity contribution in [3.8, 4) is 11.5 Å². The molecule has 0 amide bonds. The first kappa shape index (κ1) is 14.7. The second-order valence-electron chi connectivity index (χ2n) is 5.53. The number of hydrogen-bond donors (Lipinski definition) is 0. The van der Waals surface area contributed by atoms with E-state index in [0.717, 1.165) is 45.9 Å². The molecule has 0 N–H and O–H groups in total. The number of methoxy groups -OCH3 is 2. The van der Waals surface area contributed by atoms with Crippen LogP contribution in [0, 0.1) is 0 Å². The highest BCUT2D eigenvalue weighted by Crippen LogP contribution is 2.43. The van der Waals surface area contributed by atoms with Gasteiger partial charge in [-0.3, -0.25) is 0 Å². The molecule has 2 heteroatoms. The summed E-state index contributed by atoms with van der Waals surface area (Å²) >= 11 is 0.